The maximum atomic E-state index is 12.9. The molecule has 1 fully saturated rings. The van der Waals surface area contributed by atoms with E-state index in [9.17, 15) is 18.0 Å². The lowest BCUT2D eigenvalue weighted by Crippen LogP contribution is -2.35. The molecule has 2 rings (SSSR count). The average molecular weight is 285 g/mol. The highest BCUT2D eigenvalue weighted by molar-refractivity contribution is 5.79. The summed E-state index contributed by atoms with van der Waals surface area (Å²) in [6, 6.07) is 5.54. The van der Waals surface area contributed by atoms with Crippen molar-refractivity contribution in [2.24, 2.45) is 0 Å². The number of nitrogens with zero attached hydrogens (tertiary/aromatic N) is 1. The number of alkyl halides is 3. The molecule has 0 radical (unpaired) electrons. The van der Waals surface area contributed by atoms with Gasteiger partial charge >= 0.3 is 6.18 Å². The molecular weight excluding hydrogens is 267 g/mol. The van der Waals surface area contributed by atoms with Gasteiger partial charge in [-0.2, -0.15) is 13.2 Å². The molecule has 1 aromatic rings. The molecular formula is C15H18F3NO. The topological polar surface area (TPSA) is 20.3 Å². The fourth-order valence-corrected chi connectivity index (χ4v) is 2.35. The number of halogens is 3. The van der Waals surface area contributed by atoms with E-state index in [0.717, 1.165) is 25.3 Å². The first-order valence-electron chi connectivity index (χ1n) is 6.88. The summed E-state index contributed by atoms with van der Waals surface area (Å²) < 4.78 is 38.7. The van der Waals surface area contributed by atoms with Gasteiger partial charge in [0.25, 0.3) is 0 Å². The Morgan fingerprint density at radius 2 is 1.95 bits per heavy atom. The number of hydrogen-bond donors (Lipinski definition) is 0. The van der Waals surface area contributed by atoms with Crippen molar-refractivity contribution < 1.29 is 18.0 Å². The van der Waals surface area contributed by atoms with Crippen molar-refractivity contribution in [3.63, 3.8) is 0 Å². The van der Waals surface area contributed by atoms with Gasteiger partial charge in [-0.05, 0) is 30.9 Å². The fraction of sp³-hybridized carbons (Fsp3) is 0.533. The predicted octanol–water partition coefficient (Wildman–Crippen LogP) is 3.65. The summed E-state index contributed by atoms with van der Waals surface area (Å²) in [5.41, 5.74) is -0.646. The van der Waals surface area contributed by atoms with Crippen LogP contribution in [0.2, 0.25) is 0 Å². The van der Waals surface area contributed by atoms with Crippen LogP contribution in [0, 0.1) is 0 Å². The van der Waals surface area contributed by atoms with Gasteiger partial charge in [-0.1, -0.05) is 25.1 Å². The second-order valence-corrected chi connectivity index (χ2v) is 5.15. The zero-order chi connectivity index (χ0) is 14.8. The summed E-state index contributed by atoms with van der Waals surface area (Å²) in [6.45, 7) is 2.59. The minimum atomic E-state index is -4.41. The second kappa shape index (κ2) is 5.85. The van der Waals surface area contributed by atoms with Crippen LogP contribution in [0.3, 0.4) is 0 Å². The molecule has 1 aliphatic carbocycles. The van der Waals surface area contributed by atoms with Crippen LogP contribution < -0.4 is 0 Å². The maximum Gasteiger partial charge on any atom is 0.416 e. The fourth-order valence-electron chi connectivity index (χ4n) is 2.35. The predicted molar refractivity (Wildman–Crippen MR) is 70.2 cm³/mol. The SMILES string of the molecule is CCCN(C(=O)Cc1ccccc1C(F)(F)F)C1CC1. The average Bonchev–Trinajstić information content (AvgIpc) is 3.19. The van der Waals surface area contributed by atoms with Crippen LogP contribution in [0.25, 0.3) is 0 Å². The van der Waals surface area contributed by atoms with Gasteiger partial charge < -0.3 is 4.90 Å². The van der Waals surface area contributed by atoms with Gasteiger partial charge in [0.05, 0.1) is 12.0 Å². The Balaban J connectivity index is 2.15. The molecule has 0 N–H and O–H groups in total. The van der Waals surface area contributed by atoms with Crippen molar-refractivity contribution in [3.05, 3.63) is 35.4 Å². The van der Waals surface area contributed by atoms with E-state index in [0.29, 0.717) is 6.54 Å². The molecule has 1 aliphatic rings. The van der Waals surface area contributed by atoms with Crippen LogP contribution in [0.5, 0.6) is 0 Å². The first-order chi connectivity index (χ1) is 9.43. The smallest absolute Gasteiger partial charge is 0.339 e. The molecule has 0 spiro atoms. The van der Waals surface area contributed by atoms with Gasteiger partial charge in [-0.25, -0.2) is 0 Å². The largest absolute Gasteiger partial charge is 0.416 e. The second-order valence-electron chi connectivity index (χ2n) is 5.15. The van der Waals surface area contributed by atoms with E-state index in [1.165, 1.54) is 12.1 Å². The molecule has 2 nitrogen and oxygen atoms in total. The number of carbonyl (C=O) groups is 1. The van der Waals surface area contributed by atoms with Gasteiger partial charge in [0.2, 0.25) is 5.91 Å². The number of hydrogen-bond acceptors (Lipinski definition) is 1. The third kappa shape index (κ3) is 3.52. The van der Waals surface area contributed by atoms with E-state index in [1.807, 2.05) is 6.92 Å². The van der Waals surface area contributed by atoms with Gasteiger partial charge in [0, 0.05) is 12.6 Å². The van der Waals surface area contributed by atoms with Crippen LogP contribution in [0.15, 0.2) is 24.3 Å². The first kappa shape index (κ1) is 14.9. The molecule has 0 heterocycles. The van der Waals surface area contributed by atoms with Gasteiger partial charge in [0.15, 0.2) is 0 Å². The third-order valence-corrected chi connectivity index (χ3v) is 3.44. The highest BCUT2D eigenvalue weighted by atomic mass is 19.4. The van der Waals surface area contributed by atoms with Gasteiger partial charge in [0.1, 0.15) is 0 Å². The van der Waals surface area contributed by atoms with E-state index in [2.05, 4.69) is 0 Å². The van der Waals surface area contributed by atoms with E-state index in [-0.39, 0.29) is 23.9 Å². The number of rotatable bonds is 5. The van der Waals surface area contributed by atoms with E-state index in [4.69, 9.17) is 0 Å². The molecule has 0 atom stereocenters. The minimum absolute atomic E-state index is 0.0618. The molecule has 0 bridgehead atoms. The summed E-state index contributed by atoms with van der Waals surface area (Å²) in [6.07, 6.45) is -1.83. The van der Waals surface area contributed by atoms with E-state index >= 15 is 0 Å². The molecule has 110 valence electrons. The number of amides is 1. The van der Waals surface area contributed by atoms with Crippen LogP contribution in [-0.2, 0) is 17.4 Å². The van der Waals surface area contributed by atoms with Crippen LogP contribution in [0.4, 0.5) is 13.2 Å². The summed E-state index contributed by atoms with van der Waals surface area (Å²) in [7, 11) is 0. The van der Waals surface area contributed by atoms with Gasteiger partial charge in [-0.15, -0.1) is 0 Å². The molecule has 0 saturated heterocycles. The van der Waals surface area contributed by atoms with Crippen LogP contribution in [0.1, 0.15) is 37.3 Å². The lowest BCUT2D eigenvalue weighted by atomic mass is 10.0. The van der Waals surface area contributed by atoms with Crippen LogP contribution in [-0.4, -0.2) is 23.4 Å². The lowest BCUT2D eigenvalue weighted by Gasteiger charge is -2.22. The molecule has 0 aliphatic heterocycles. The highest BCUT2D eigenvalue weighted by Crippen LogP contribution is 2.33. The van der Waals surface area contributed by atoms with Crippen molar-refractivity contribution >= 4 is 5.91 Å². The van der Waals surface area contributed by atoms with Crippen molar-refractivity contribution in [1.29, 1.82) is 0 Å². The number of benzene rings is 1. The lowest BCUT2D eigenvalue weighted by molar-refractivity contribution is -0.138. The highest BCUT2D eigenvalue weighted by Gasteiger charge is 2.35. The summed E-state index contributed by atoms with van der Waals surface area (Å²) in [5.74, 6) is -0.203. The Morgan fingerprint density at radius 1 is 1.30 bits per heavy atom. The summed E-state index contributed by atoms with van der Waals surface area (Å²) >= 11 is 0. The molecule has 5 heteroatoms. The Kier molecular flexibility index (Phi) is 4.35. The van der Waals surface area contributed by atoms with Crippen molar-refractivity contribution in [3.8, 4) is 0 Å². The molecule has 0 aromatic heterocycles. The Hall–Kier alpha value is -1.52. The molecule has 20 heavy (non-hydrogen) atoms. The molecule has 1 saturated carbocycles. The number of carbonyl (C=O) groups excluding carboxylic acids is 1. The zero-order valence-electron chi connectivity index (χ0n) is 11.4. The van der Waals surface area contributed by atoms with Crippen molar-refractivity contribution in [2.45, 2.75) is 44.8 Å². The Morgan fingerprint density at radius 3 is 2.50 bits per heavy atom. The molecule has 1 amide bonds. The van der Waals surface area contributed by atoms with Gasteiger partial charge in [-0.3, -0.25) is 4.79 Å². The van der Waals surface area contributed by atoms with E-state index in [1.54, 1.807) is 11.0 Å². The monoisotopic (exact) mass is 285 g/mol. The maximum absolute atomic E-state index is 12.9. The molecule has 0 unspecified atom stereocenters. The summed E-state index contributed by atoms with van der Waals surface area (Å²) in [4.78, 5) is 14.0. The third-order valence-electron chi connectivity index (χ3n) is 3.44. The first-order valence-corrected chi connectivity index (χ1v) is 6.88. The van der Waals surface area contributed by atoms with Crippen molar-refractivity contribution in [1.82, 2.24) is 4.90 Å². The Bertz CT molecular complexity index is 480. The minimum Gasteiger partial charge on any atom is -0.339 e. The summed E-state index contributed by atoms with van der Waals surface area (Å²) in [5, 5.41) is 0. The quantitative estimate of drug-likeness (QED) is 0.808. The van der Waals surface area contributed by atoms with Crippen LogP contribution >= 0.6 is 0 Å². The van der Waals surface area contributed by atoms with Crippen molar-refractivity contribution in [2.75, 3.05) is 6.54 Å². The van der Waals surface area contributed by atoms with E-state index < -0.39 is 11.7 Å². The standard InChI is InChI=1S/C15H18F3NO/c1-2-9-19(12-7-8-12)14(20)10-11-5-3-4-6-13(11)15(16,17)18/h3-6,12H,2,7-10H2,1H3. The normalized spacial score (nSPS) is 15.2. The Labute approximate surface area is 116 Å². The molecule has 1 aromatic carbocycles. The zero-order valence-corrected chi connectivity index (χ0v) is 11.4.